The predicted molar refractivity (Wildman–Crippen MR) is 109 cm³/mol. The number of hydrogen-bond donors (Lipinski definition) is 2. The molecular weight excluding hydrogens is 378 g/mol. The van der Waals surface area contributed by atoms with Gasteiger partial charge >= 0.3 is 6.03 Å². The van der Waals surface area contributed by atoms with Crippen molar-refractivity contribution in [2.24, 2.45) is 0 Å². The number of piperazine rings is 1. The minimum atomic E-state index is -0.616. The number of anilines is 1. The summed E-state index contributed by atoms with van der Waals surface area (Å²) in [6.07, 6.45) is 3.38. The number of rotatable bonds is 5. The monoisotopic (exact) mass is 401 g/mol. The Morgan fingerprint density at radius 3 is 2.64 bits per heavy atom. The second-order valence-electron chi connectivity index (χ2n) is 6.70. The van der Waals surface area contributed by atoms with Crippen molar-refractivity contribution in [2.45, 2.75) is 19.5 Å². The Labute approximate surface area is 169 Å². The van der Waals surface area contributed by atoms with E-state index in [-0.39, 0.29) is 11.9 Å². The molecule has 148 valence electrons. The molecule has 1 saturated heterocycles. The van der Waals surface area contributed by atoms with Crippen LogP contribution in [0.1, 0.15) is 12.5 Å². The zero-order chi connectivity index (χ0) is 19.9. The molecule has 1 fully saturated rings. The highest BCUT2D eigenvalue weighted by molar-refractivity contribution is 6.30. The Morgan fingerprint density at radius 2 is 1.96 bits per heavy atom. The lowest BCUT2D eigenvalue weighted by atomic mass is 10.2. The Balaban J connectivity index is 1.44. The van der Waals surface area contributed by atoms with Crippen LogP contribution < -0.4 is 15.5 Å². The molecule has 1 atom stereocenters. The van der Waals surface area contributed by atoms with Gasteiger partial charge in [-0.25, -0.2) is 4.79 Å². The topological polar surface area (TPSA) is 77.6 Å². The van der Waals surface area contributed by atoms with Crippen LogP contribution in [0.25, 0.3) is 0 Å². The van der Waals surface area contributed by atoms with Crippen molar-refractivity contribution in [3.05, 3.63) is 59.4 Å². The van der Waals surface area contributed by atoms with E-state index in [2.05, 4.69) is 20.5 Å². The number of urea groups is 1. The van der Waals surface area contributed by atoms with E-state index in [4.69, 9.17) is 11.6 Å². The van der Waals surface area contributed by atoms with E-state index in [1.165, 1.54) is 0 Å². The van der Waals surface area contributed by atoms with Crippen molar-refractivity contribution in [3.8, 4) is 0 Å². The van der Waals surface area contributed by atoms with E-state index in [0.29, 0.717) is 24.7 Å². The third kappa shape index (κ3) is 5.36. The second-order valence-corrected chi connectivity index (χ2v) is 7.14. The molecule has 28 heavy (non-hydrogen) atoms. The molecule has 1 aliphatic heterocycles. The summed E-state index contributed by atoms with van der Waals surface area (Å²) in [7, 11) is 0. The van der Waals surface area contributed by atoms with Gasteiger partial charge in [-0.15, -0.1) is 0 Å². The standard InChI is InChI=1S/C20H24ClN5O2/c1-15(19(27)23-14-16-4-3-7-22-13-16)24-20(28)26-10-8-25(9-11-26)18-6-2-5-17(21)12-18/h2-7,12-13,15H,8-11,14H2,1H3,(H,23,27)(H,24,28). The molecule has 1 unspecified atom stereocenters. The number of nitrogens with one attached hydrogen (secondary N) is 2. The maximum absolute atomic E-state index is 12.5. The highest BCUT2D eigenvalue weighted by Gasteiger charge is 2.24. The highest BCUT2D eigenvalue weighted by atomic mass is 35.5. The number of nitrogens with zero attached hydrogens (tertiary/aromatic N) is 3. The van der Waals surface area contributed by atoms with Gasteiger partial charge in [-0.1, -0.05) is 23.7 Å². The van der Waals surface area contributed by atoms with Crippen molar-refractivity contribution in [1.29, 1.82) is 0 Å². The van der Waals surface area contributed by atoms with Crippen LogP contribution in [0.4, 0.5) is 10.5 Å². The lowest BCUT2D eigenvalue weighted by Crippen LogP contribution is -2.55. The SMILES string of the molecule is CC(NC(=O)N1CCN(c2cccc(Cl)c2)CC1)C(=O)NCc1cccnc1. The molecule has 1 aromatic carbocycles. The number of benzene rings is 1. The molecule has 3 rings (SSSR count). The summed E-state index contributed by atoms with van der Waals surface area (Å²) in [4.78, 5) is 32.6. The number of pyridine rings is 1. The van der Waals surface area contributed by atoms with Crippen molar-refractivity contribution < 1.29 is 9.59 Å². The highest BCUT2D eigenvalue weighted by Crippen LogP contribution is 2.20. The summed E-state index contributed by atoms with van der Waals surface area (Å²) in [5.41, 5.74) is 1.96. The summed E-state index contributed by atoms with van der Waals surface area (Å²) >= 11 is 6.05. The Morgan fingerprint density at radius 1 is 1.18 bits per heavy atom. The largest absolute Gasteiger partial charge is 0.368 e. The first-order chi connectivity index (χ1) is 13.5. The average Bonchev–Trinajstić information content (AvgIpc) is 2.72. The van der Waals surface area contributed by atoms with Gasteiger partial charge in [-0.3, -0.25) is 9.78 Å². The number of carbonyl (C=O) groups is 2. The molecule has 0 spiro atoms. The molecular formula is C20H24ClN5O2. The maximum atomic E-state index is 12.5. The smallest absolute Gasteiger partial charge is 0.318 e. The quantitative estimate of drug-likeness (QED) is 0.805. The number of hydrogen-bond acceptors (Lipinski definition) is 4. The molecule has 2 N–H and O–H groups in total. The van der Waals surface area contributed by atoms with Gasteiger partial charge in [0.25, 0.3) is 0 Å². The fraction of sp³-hybridized carbons (Fsp3) is 0.350. The molecule has 8 heteroatoms. The first-order valence-electron chi connectivity index (χ1n) is 9.25. The third-order valence-electron chi connectivity index (χ3n) is 4.66. The Kier molecular flexibility index (Phi) is 6.71. The van der Waals surface area contributed by atoms with Gasteiger partial charge in [0.05, 0.1) is 0 Å². The number of aromatic nitrogens is 1. The van der Waals surface area contributed by atoms with E-state index in [0.717, 1.165) is 24.3 Å². The number of carbonyl (C=O) groups excluding carboxylic acids is 2. The molecule has 1 aromatic heterocycles. The second kappa shape index (κ2) is 9.41. The zero-order valence-electron chi connectivity index (χ0n) is 15.8. The number of halogens is 1. The summed E-state index contributed by atoms with van der Waals surface area (Å²) in [5, 5.41) is 6.27. The van der Waals surface area contributed by atoms with Gasteiger partial charge in [0.1, 0.15) is 6.04 Å². The van der Waals surface area contributed by atoms with Crippen LogP contribution in [-0.2, 0) is 11.3 Å². The van der Waals surface area contributed by atoms with E-state index in [9.17, 15) is 9.59 Å². The van der Waals surface area contributed by atoms with Crippen LogP contribution >= 0.6 is 11.6 Å². The van der Waals surface area contributed by atoms with E-state index >= 15 is 0 Å². The van der Waals surface area contributed by atoms with Crippen molar-refractivity contribution in [3.63, 3.8) is 0 Å². The molecule has 3 amide bonds. The predicted octanol–water partition coefficient (Wildman–Crippen LogP) is 2.27. The van der Waals surface area contributed by atoms with Crippen molar-refractivity contribution >= 4 is 29.2 Å². The van der Waals surface area contributed by atoms with E-state index in [1.807, 2.05) is 36.4 Å². The minimum Gasteiger partial charge on any atom is -0.368 e. The van der Waals surface area contributed by atoms with E-state index in [1.54, 1.807) is 24.2 Å². The molecule has 0 radical (unpaired) electrons. The van der Waals surface area contributed by atoms with Gasteiger partial charge < -0.3 is 20.4 Å². The Hall–Kier alpha value is -2.80. The van der Waals surface area contributed by atoms with Gasteiger partial charge in [-0.2, -0.15) is 0 Å². The Bertz CT molecular complexity index is 809. The normalized spacial score (nSPS) is 15.1. The third-order valence-corrected chi connectivity index (χ3v) is 4.90. The minimum absolute atomic E-state index is 0.227. The molecule has 0 bridgehead atoms. The zero-order valence-corrected chi connectivity index (χ0v) is 16.5. The molecule has 7 nitrogen and oxygen atoms in total. The van der Waals surface area contributed by atoms with Crippen LogP contribution in [0.2, 0.25) is 5.02 Å². The first-order valence-corrected chi connectivity index (χ1v) is 9.63. The molecule has 1 aliphatic rings. The number of amides is 3. The van der Waals surface area contributed by atoms with Gasteiger partial charge in [0.2, 0.25) is 5.91 Å². The summed E-state index contributed by atoms with van der Waals surface area (Å²) in [6.45, 7) is 4.67. The van der Waals surface area contributed by atoms with Crippen LogP contribution in [0.3, 0.4) is 0 Å². The summed E-state index contributed by atoms with van der Waals surface area (Å²) < 4.78 is 0. The van der Waals surface area contributed by atoms with Crippen LogP contribution in [0.15, 0.2) is 48.8 Å². The molecule has 2 aromatic rings. The maximum Gasteiger partial charge on any atom is 0.318 e. The van der Waals surface area contributed by atoms with Crippen LogP contribution in [0, 0.1) is 0 Å². The van der Waals surface area contributed by atoms with Crippen molar-refractivity contribution in [1.82, 2.24) is 20.5 Å². The van der Waals surface area contributed by atoms with Crippen LogP contribution in [-0.4, -0.2) is 54.0 Å². The molecule has 2 heterocycles. The van der Waals surface area contributed by atoms with Crippen molar-refractivity contribution in [2.75, 3.05) is 31.1 Å². The fourth-order valence-corrected chi connectivity index (χ4v) is 3.21. The van der Waals surface area contributed by atoms with Crippen LogP contribution in [0.5, 0.6) is 0 Å². The first kappa shape index (κ1) is 19.9. The fourth-order valence-electron chi connectivity index (χ4n) is 3.03. The lowest BCUT2D eigenvalue weighted by Gasteiger charge is -2.36. The molecule has 0 aliphatic carbocycles. The lowest BCUT2D eigenvalue weighted by molar-refractivity contribution is -0.122. The van der Waals surface area contributed by atoms with E-state index < -0.39 is 6.04 Å². The van der Waals surface area contributed by atoms with Gasteiger partial charge in [-0.05, 0) is 36.8 Å². The van der Waals surface area contributed by atoms with Gasteiger partial charge in [0.15, 0.2) is 0 Å². The van der Waals surface area contributed by atoms with Gasteiger partial charge in [0, 0.05) is 55.8 Å². The average molecular weight is 402 g/mol. The molecule has 0 saturated carbocycles. The summed E-state index contributed by atoms with van der Waals surface area (Å²) in [5.74, 6) is -0.227. The summed E-state index contributed by atoms with van der Waals surface area (Å²) in [6, 6.07) is 10.6.